The Kier molecular flexibility index (Phi) is 1.91. The van der Waals surface area contributed by atoms with Crippen molar-refractivity contribution < 1.29 is 0 Å². The topological polar surface area (TPSA) is 43.8 Å². The van der Waals surface area contributed by atoms with Gasteiger partial charge in [-0.3, -0.25) is 0 Å². The third-order valence-corrected chi connectivity index (χ3v) is 3.14. The normalized spacial score (nSPS) is 16.0. The van der Waals surface area contributed by atoms with Gasteiger partial charge in [0.25, 0.3) is 0 Å². The predicted molar refractivity (Wildman–Crippen MR) is 61.5 cm³/mol. The molecular formula is C12H15N3. The number of aryl methyl sites for hydroxylation is 1. The molecule has 0 saturated heterocycles. The van der Waals surface area contributed by atoms with Gasteiger partial charge >= 0.3 is 0 Å². The zero-order valence-electron chi connectivity index (χ0n) is 8.69. The lowest BCUT2D eigenvalue weighted by Gasteiger charge is -2.04. The molecule has 3 rings (SSSR count). The first-order valence-electron chi connectivity index (χ1n) is 5.55. The van der Waals surface area contributed by atoms with Crippen molar-refractivity contribution in [2.75, 3.05) is 5.73 Å². The molecule has 1 aromatic carbocycles. The quantitative estimate of drug-likeness (QED) is 0.828. The maximum absolute atomic E-state index is 5.91. The predicted octanol–water partition coefficient (Wildman–Crippen LogP) is 2.42. The lowest BCUT2D eigenvalue weighted by Crippen LogP contribution is -2.03. The Morgan fingerprint density at radius 3 is 2.93 bits per heavy atom. The Morgan fingerprint density at radius 1 is 1.33 bits per heavy atom. The second kappa shape index (κ2) is 3.26. The maximum atomic E-state index is 5.91. The van der Waals surface area contributed by atoms with Gasteiger partial charge in [-0.25, -0.2) is 4.98 Å². The number of hydrogen-bond acceptors (Lipinski definition) is 2. The molecule has 0 atom stereocenters. The molecule has 0 unspecified atom stereocenters. The van der Waals surface area contributed by atoms with Gasteiger partial charge in [0, 0.05) is 6.54 Å². The molecule has 0 amide bonds. The van der Waals surface area contributed by atoms with E-state index in [4.69, 9.17) is 5.73 Å². The number of aromatic nitrogens is 2. The number of imidazole rings is 1. The number of hydrogen-bond donors (Lipinski definition) is 1. The minimum atomic E-state index is 0.650. The van der Waals surface area contributed by atoms with Gasteiger partial charge < -0.3 is 10.3 Å². The maximum Gasteiger partial charge on any atom is 0.201 e. The molecule has 0 radical (unpaired) electrons. The molecule has 1 aliphatic rings. The lowest BCUT2D eigenvalue weighted by atomic mass is 10.3. The Morgan fingerprint density at radius 2 is 2.13 bits per heavy atom. The molecule has 1 fully saturated rings. The molecule has 78 valence electrons. The van der Waals surface area contributed by atoms with Crippen LogP contribution >= 0.6 is 0 Å². The SMILES string of the molecule is Nc1nc2ccccc2n1CCC1CC1. The van der Waals surface area contributed by atoms with Crippen molar-refractivity contribution in [3.8, 4) is 0 Å². The lowest BCUT2D eigenvalue weighted by molar-refractivity contribution is 0.614. The van der Waals surface area contributed by atoms with Crippen LogP contribution in [0, 0.1) is 5.92 Å². The van der Waals surface area contributed by atoms with E-state index in [1.54, 1.807) is 0 Å². The Labute approximate surface area is 88.9 Å². The number of anilines is 1. The fraction of sp³-hybridized carbons (Fsp3) is 0.417. The molecule has 1 heterocycles. The number of para-hydroxylation sites is 2. The van der Waals surface area contributed by atoms with Gasteiger partial charge in [0.05, 0.1) is 11.0 Å². The van der Waals surface area contributed by atoms with Crippen LogP contribution in [-0.4, -0.2) is 9.55 Å². The third kappa shape index (κ3) is 1.58. The van der Waals surface area contributed by atoms with Crippen LogP contribution in [0.1, 0.15) is 19.3 Å². The molecule has 3 nitrogen and oxygen atoms in total. The molecule has 1 aliphatic carbocycles. The van der Waals surface area contributed by atoms with E-state index in [0.717, 1.165) is 23.5 Å². The fourth-order valence-electron chi connectivity index (χ4n) is 2.05. The molecule has 1 saturated carbocycles. The summed E-state index contributed by atoms with van der Waals surface area (Å²) in [6.45, 7) is 1.01. The number of nitrogen functional groups attached to an aromatic ring is 1. The summed E-state index contributed by atoms with van der Waals surface area (Å²) >= 11 is 0. The molecule has 3 heteroatoms. The summed E-state index contributed by atoms with van der Waals surface area (Å²) in [7, 11) is 0. The molecule has 0 spiro atoms. The smallest absolute Gasteiger partial charge is 0.201 e. The number of fused-ring (bicyclic) bond motifs is 1. The molecule has 2 aromatic rings. The van der Waals surface area contributed by atoms with Crippen LogP contribution in [0.15, 0.2) is 24.3 Å². The first kappa shape index (κ1) is 8.77. The summed E-state index contributed by atoms with van der Waals surface area (Å²) in [5, 5.41) is 0. The van der Waals surface area contributed by atoms with Crippen molar-refractivity contribution in [3.05, 3.63) is 24.3 Å². The summed E-state index contributed by atoms with van der Waals surface area (Å²) in [6, 6.07) is 8.14. The first-order chi connectivity index (χ1) is 7.34. The summed E-state index contributed by atoms with van der Waals surface area (Å²) in [4.78, 5) is 4.35. The molecule has 0 bridgehead atoms. The van der Waals surface area contributed by atoms with Crippen LogP contribution < -0.4 is 5.73 Å². The van der Waals surface area contributed by atoms with Crippen LogP contribution in [-0.2, 0) is 6.54 Å². The van der Waals surface area contributed by atoms with Gasteiger partial charge in [0.2, 0.25) is 5.95 Å². The average molecular weight is 201 g/mol. The van der Waals surface area contributed by atoms with E-state index in [-0.39, 0.29) is 0 Å². The van der Waals surface area contributed by atoms with Crippen LogP contribution in [0.4, 0.5) is 5.95 Å². The molecular weight excluding hydrogens is 186 g/mol. The van der Waals surface area contributed by atoms with E-state index in [0.29, 0.717) is 5.95 Å². The van der Waals surface area contributed by atoms with Gasteiger partial charge in [0.15, 0.2) is 0 Å². The molecule has 2 N–H and O–H groups in total. The summed E-state index contributed by atoms with van der Waals surface area (Å²) in [6.07, 6.45) is 4.03. The average Bonchev–Trinajstić information content (AvgIpc) is 3.00. The van der Waals surface area contributed by atoms with Gasteiger partial charge in [-0.05, 0) is 24.5 Å². The Hall–Kier alpha value is -1.51. The van der Waals surface area contributed by atoms with Gasteiger partial charge in [0.1, 0.15) is 0 Å². The van der Waals surface area contributed by atoms with Crippen LogP contribution in [0.2, 0.25) is 0 Å². The fourth-order valence-corrected chi connectivity index (χ4v) is 2.05. The van der Waals surface area contributed by atoms with E-state index in [2.05, 4.69) is 15.6 Å². The largest absolute Gasteiger partial charge is 0.369 e. The number of nitrogens with zero attached hydrogens (tertiary/aromatic N) is 2. The Balaban J connectivity index is 1.95. The highest BCUT2D eigenvalue weighted by molar-refractivity contribution is 5.78. The van der Waals surface area contributed by atoms with E-state index in [1.165, 1.54) is 19.3 Å². The van der Waals surface area contributed by atoms with E-state index < -0.39 is 0 Å². The number of benzene rings is 1. The number of rotatable bonds is 3. The van der Waals surface area contributed by atoms with E-state index >= 15 is 0 Å². The van der Waals surface area contributed by atoms with Gasteiger partial charge in [-0.15, -0.1) is 0 Å². The molecule has 0 aliphatic heterocycles. The highest BCUT2D eigenvalue weighted by Crippen LogP contribution is 2.33. The highest BCUT2D eigenvalue weighted by atomic mass is 15.1. The van der Waals surface area contributed by atoms with Crippen molar-refractivity contribution in [1.82, 2.24) is 9.55 Å². The van der Waals surface area contributed by atoms with Crippen LogP contribution in [0.5, 0.6) is 0 Å². The van der Waals surface area contributed by atoms with Crippen molar-refractivity contribution in [2.45, 2.75) is 25.8 Å². The standard InChI is InChI=1S/C12H15N3/c13-12-14-10-3-1-2-4-11(10)15(12)8-7-9-5-6-9/h1-4,9H,5-8H2,(H2,13,14). The Bertz CT molecular complexity index is 483. The second-order valence-electron chi connectivity index (χ2n) is 4.34. The van der Waals surface area contributed by atoms with E-state index in [1.807, 2.05) is 18.2 Å². The van der Waals surface area contributed by atoms with Crippen molar-refractivity contribution in [3.63, 3.8) is 0 Å². The molecule has 15 heavy (non-hydrogen) atoms. The minimum Gasteiger partial charge on any atom is -0.369 e. The van der Waals surface area contributed by atoms with Crippen molar-refractivity contribution in [2.24, 2.45) is 5.92 Å². The zero-order valence-corrected chi connectivity index (χ0v) is 8.69. The van der Waals surface area contributed by atoms with Crippen molar-refractivity contribution >= 4 is 17.0 Å². The summed E-state index contributed by atoms with van der Waals surface area (Å²) < 4.78 is 2.13. The minimum absolute atomic E-state index is 0.650. The van der Waals surface area contributed by atoms with Gasteiger partial charge in [-0.1, -0.05) is 25.0 Å². The monoisotopic (exact) mass is 201 g/mol. The number of nitrogens with two attached hydrogens (primary N) is 1. The van der Waals surface area contributed by atoms with E-state index in [9.17, 15) is 0 Å². The third-order valence-electron chi connectivity index (χ3n) is 3.14. The van der Waals surface area contributed by atoms with Crippen LogP contribution in [0.25, 0.3) is 11.0 Å². The van der Waals surface area contributed by atoms with Crippen LogP contribution in [0.3, 0.4) is 0 Å². The summed E-state index contributed by atoms with van der Waals surface area (Å²) in [5.41, 5.74) is 8.08. The summed E-state index contributed by atoms with van der Waals surface area (Å²) in [5.74, 6) is 1.59. The highest BCUT2D eigenvalue weighted by Gasteiger charge is 2.21. The molecule has 1 aromatic heterocycles. The second-order valence-corrected chi connectivity index (χ2v) is 4.34. The van der Waals surface area contributed by atoms with Crippen molar-refractivity contribution in [1.29, 1.82) is 0 Å². The van der Waals surface area contributed by atoms with Gasteiger partial charge in [-0.2, -0.15) is 0 Å². The zero-order chi connectivity index (χ0) is 10.3. The first-order valence-corrected chi connectivity index (χ1v) is 5.55.